The molecule has 0 radical (unpaired) electrons. The van der Waals surface area contributed by atoms with Gasteiger partial charge in [-0.25, -0.2) is 8.42 Å². The standard InChI is InChI=1S/C23H17Cl2NO4S/c1-29-23-13-16(5-10-22(23)30-15-17-3-2-4-19(25)11-17)12-21(14-26)31(27,28)20-8-6-18(24)7-9-20/h2-13H,15H2,1H3. The highest BCUT2D eigenvalue weighted by atomic mass is 35.5. The van der Waals surface area contributed by atoms with Gasteiger partial charge in [0.25, 0.3) is 0 Å². The number of ether oxygens (including phenoxy) is 2. The maximum absolute atomic E-state index is 12.8. The third-order valence-electron chi connectivity index (χ3n) is 4.29. The fourth-order valence-corrected chi connectivity index (χ4v) is 4.24. The second-order valence-electron chi connectivity index (χ2n) is 6.41. The molecule has 5 nitrogen and oxygen atoms in total. The smallest absolute Gasteiger partial charge is 0.216 e. The zero-order chi connectivity index (χ0) is 22.4. The normalized spacial score (nSPS) is 11.6. The van der Waals surface area contributed by atoms with Crippen LogP contribution in [0, 0.1) is 11.3 Å². The molecule has 3 rings (SSSR count). The Morgan fingerprint density at radius 3 is 2.39 bits per heavy atom. The van der Waals surface area contributed by atoms with Gasteiger partial charge in [0.1, 0.15) is 17.6 Å². The minimum atomic E-state index is -3.99. The molecule has 158 valence electrons. The van der Waals surface area contributed by atoms with Crippen LogP contribution in [0.4, 0.5) is 0 Å². The first-order chi connectivity index (χ1) is 14.8. The van der Waals surface area contributed by atoms with E-state index < -0.39 is 14.7 Å². The van der Waals surface area contributed by atoms with E-state index in [-0.39, 0.29) is 11.5 Å². The molecule has 3 aromatic rings. The Hall–Kier alpha value is -2.98. The highest BCUT2D eigenvalue weighted by molar-refractivity contribution is 7.95. The fraction of sp³-hybridized carbons (Fsp3) is 0.0870. The Labute approximate surface area is 191 Å². The van der Waals surface area contributed by atoms with Crippen LogP contribution < -0.4 is 9.47 Å². The monoisotopic (exact) mass is 473 g/mol. The summed E-state index contributed by atoms with van der Waals surface area (Å²) in [6.45, 7) is 0.278. The molecule has 0 aliphatic rings. The van der Waals surface area contributed by atoms with E-state index in [9.17, 15) is 13.7 Å². The lowest BCUT2D eigenvalue weighted by Crippen LogP contribution is -2.03. The molecule has 0 aliphatic heterocycles. The fourth-order valence-electron chi connectivity index (χ4n) is 2.74. The van der Waals surface area contributed by atoms with Crippen LogP contribution in [0.5, 0.6) is 11.5 Å². The van der Waals surface area contributed by atoms with E-state index >= 15 is 0 Å². The van der Waals surface area contributed by atoms with Crippen LogP contribution in [-0.2, 0) is 16.4 Å². The van der Waals surface area contributed by atoms with Gasteiger partial charge in [0.15, 0.2) is 11.5 Å². The SMILES string of the molecule is COc1cc(C=C(C#N)S(=O)(=O)c2ccc(Cl)cc2)ccc1OCc1cccc(Cl)c1. The number of sulfone groups is 1. The van der Waals surface area contributed by atoms with Crippen molar-refractivity contribution in [2.45, 2.75) is 11.5 Å². The molecular weight excluding hydrogens is 457 g/mol. The lowest BCUT2D eigenvalue weighted by Gasteiger charge is -2.12. The van der Waals surface area contributed by atoms with E-state index in [1.54, 1.807) is 36.4 Å². The Balaban J connectivity index is 1.87. The average Bonchev–Trinajstić information content (AvgIpc) is 2.76. The first-order valence-corrected chi connectivity index (χ1v) is 11.2. The summed E-state index contributed by atoms with van der Waals surface area (Å²) in [6, 6.07) is 19.6. The number of rotatable bonds is 7. The van der Waals surface area contributed by atoms with Gasteiger partial charge in [-0.05, 0) is 65.7 Å². The summed E-state index contributed by atoms with van der Waals surface area (Å²) in [5.41, 5.74) is 1.36. The van der Waals surface area contributed by atoms with Gasteiger partial charge in [0, 0.05) is 10.0 Å². The summed E-state index contributed by atoms with van der Waals surface area (Å²) in [5, 5.41) is 10.5. The minimum Gasteiger partial charge on any atom is -0.493 e. The van der Waals surface area contributed by atoms with Crippen molar-refractivity contribution in [3.05, 3.63) is 92.8 Å². The van der Waals surface area contributed by atoms with Crippen LogP contribution in [-0.4, -0.2) is 15.5 Å². The van der Waals surface area contributed by atoms with Gasteiger partial charge in [-0.2, -0.15) is 5.26 Å². The molecule has 0 fully saturated rings. The summed E-state index contributed by atoms with van der Waals surface area (Å²) < 4.78 is 36.7. The largest absolute Gasteiger partial charge is 0.493 e. The van der Waals surface area contributed by atoms with Crippen molar-refractivity contribution in [1.29, 1.82) is 5.26 Å². The number of nitriles is 1. The maximum Gasteiger partial charge on any atom is 0.216 e. The topological polar surface area (TPSA) is 76.4 Å². The van der Waals surface area contributed by atoms with Gasteiger partial charge < -0.3 is 9.47 Å². The van der Waals surface area contributed by atoms with Crippen molar-refractivity contribution in [3.63, 3.8) is 0 Å². The van der Waals surface area contributed by atoms with E-state index in [4.69, 9.17) is 32.7 Å². The molecule has 3 aromatic carbocycles. The van der Waals surface area contributed by atoms with Crippen LogP contribution in [0.25, 0.3) is 6.08 Å². The van der Waals surface area contributed by atoms with Gasteiger partial charge in [-0.3, -0.25) is 0 Å². The number of halogens is 2. The van der Waals surface area contributed by atoms with Gasteiger partial charge >= 0.3 is 0 Å². The van der Waals surface area contributed by atoms with Crippen molar-refractivity contribution in [1.82, 2.24) is 0 Å². The molecule has 8 heteroatoms. The number of allylic oxidation sites excluding steroid dienone is 1. The molecule has 0 amide bonds. The molecule has 0 spiro atoms. The molecule has 0 unspecified atom stereocenters. The Kier molecular flexibility index (Phi) is 7.24. The predicted molar refractivity (Wildman–Crippen MR) is 121 cm³/mol. The van der Waals surface area contributed by atoms with E-state index in [0.717, 1.165) is 5.56 Å². The van der Waals surface area contributed by atoms with Gasteiger partial charge in [-0.1, -0.05) is 41.4 Å². The molecule has 0 N–H and O–H groups in total. The molecular formula is C23H17Cl2NO4S. The molecule has 0 aliphatic carbocycles. The summed E-state index contributed by atoms with van der Waals surface area (Å²) in [4.78, 5) is -0.414. The van der Waals surface area contributed by atoms with Crippen molar-refractivity contribution in [2.24, 2.45) is 0 Å². The molecule has 0 saturated heterocycles. The van der Waals surface area contributed by atoms with E-state index in [0.29, 0.717) is 27.1 Å². The van der Waals surface area contributed by atoms with Crippen LogP contribution in [0.3, 0.4) is 0 Å². The van der Waals surface area contributed by atoms with Gasteiger partial charge in [0.05, 0.1) is 12.0 Å². The highest BCUT2D eigenvalue weighted by Gasteiger charge is 2.21. The van der Waals surface area contributed by atoms with Gasteiger partial charge in [-0.15, -0.1) is 0 Å². The Bertz CT molecular complexity index is 1260. The van der Waals surface area contributed by atoms with E-state index in [1.165, 1.54) is 37.5 Å². The number of nitrogens with zero attached hydrogens (tertiary/aromatic N) is 1. The molecule has 0 aromatic heterocycles. The van der Waals surface area contributed by atoms with Crippen LogP contribution in [0.1, 0.15) is 11.1 Å². The van der Waals surface area contributed by atoms with Crippen LogP contribution >= 0.6 is 23.2 Å². The molecule has 0 atom stereocenters. The number of hydrogen-bond donors (Lipinski definition) is 0. The van der Waals surface area contributed by atoms with Gasteiger partial charge in [0.2, 0.25) is 9.84 Å². The van der Waals surface area contributed by atoms with E-state index in [1.807, 2.05) is 12.1 Å². The van der Waals surface area contributed by atoms with Crippen molar-refractivity contribution >= 4 is 39.1 Å². The third-order valence-corrected chi connectivity index (χ3v) is 6.46. The van der Waals surface area contributed by atoms with Crippen LogP contribution in [0.15, 0.2) is 76.5 Å². The molecule has 0 bridgehead atoms. The molecule has 0 saturated carbocycles. The molecule has 0 heterocycles. The maximum atomic E-state index is 12.8. The first kappa shape index (κ1) is 22.7. The lowest BCUT2D eigenvalue weighted by atomic mass is 10.2. The third kappa shape index (κ3) is 5.59. The Morgan fingerprint density at radius 1 is 1.00 bits per heavy atom. The number of hydrogen-bond acceptors (Lipinski definition) is 5. The number of methoxy groups -OCH3 is 1. The Morgan fingerprint density at radius 2 is 1.74 bits per heavy atom. The lowest BCUT2D eigenvalue weighted by molar-refractivity contribution is 0.284. The first-order valence-electron chi connectivity index (χ1n) is 9.01. The van der Waals surface area contributed by atoms with Crippen molar-refractivity contribution in [2.75, 3.05) is 7.11 Å². The van der Waals surface area contributed by atoms with Crippen molar-refractivity contribution in [3.8, 4) is 17.6 Å². The van der Waals surface area contributed by atoms with Crippen molar-refractivity contribution < 1.29 is 17.9 Å². The average molecular weight is 474 g/mol. The predicted octanol–water partition coefficient (Wildman–Crippen LogP) is 5.92. The van der Waals surface area contributed by atoms with Crippen LogP contribution in [0.2, 0.25) is 10.0 Å². The summed E-state index contributed by atoms with van der Waals surface area (Å²) in [6.07, 6.45) is 1.28. The number of benzene rings is 3. The highest BCUT2D eigenvalue weighted by Crippen LogP contribution is 2.31. The quantitative estimate of drug-likeness (QED) is 0.398. The minimum absolute atomic E-state index is 0.0156. The zero-order valence-corrected chi connectivity index (χ0v) is 18.7. The zero-order valence-electron chi connectivity index (χ0n) is 16.4. The summed E-state index contributed by atoms with van der Waals surface area (Å²) >= 11 is 11.8. The second kappa shape index (κ2) is 9.88. The summed E-state index contributed by atoms with van der Waals surface area (Å²) in [5.74, 6) is 0.871. The summed E-state index contributed by atoms with van der Waals surface area (Å²) in [7, 11) is -2.51. The van der Waals surface area contributed by atoms with E-state index in [2.05, 4.69) is 0 Å². The second-order valence-corrected chi connectivity index (χ2v) is 9.20. The molecule has 31 heavy (non-hydrogen) atoms.